The molecule has 0 radical (unpaired) electrons. The minimum Gasteiger partial charge on any atom is -0.257 e. The van der Waals surface area contributed by atoms with Crippen LogP contribution in [0.3, 0.4) is 0 Å². The van der Waals surface area contributed by atoms with Crippen LogP contribution in [0.5, 0.6) is 0 Å². The highest BCUT2D eigenvalue weighted by Crippen LogP contribution is 2.18. The summed E-state index contributed by atoms with van der Waals surface area (Å²) in [5.41, 5.74) is 2.95. The zero-order valence-electron chi connectivity index (χ0n) is 9.96. The van der Waals surface area contributed by atoms with Gasteiger partial charge in [-0.15, -0.1) is 0 Å². The molecular weight excluding hydrogens is 224 g/mol. The molecule has 4 nitrogen and oxygen atoms in total. The summed E-state index contributed by atoms with van der Waals surface area (Å²) in [4.78, 5) is 8.75. The first-order chi connectivity index (χ1) is 8.83. The van der Waals surface area contributed by atoms with E-state index in [9.17, 15) is 0 Å². The van der Waals surface area contributed by atoms with Crippen LogP contribution in [0.15, 0.2) is 48.7 Å². The molecule has 0 amide bonds. The second-order valence-electron chi connectivity index (χ2n) is 4.09. The average molecular weight is 236 g/mol. The van der Waals surface area contributed by atoms with Crippen molar-refractivity contribution in [3.8, 4) is 22.9 Å². The molecule has 0 aliphatic carbocycles. The van der Waals surface area contributed by atoms with Gasteiger partial charge in [-0.2, -0.15) is 5.10 Å². The third kappa shape index (κ3) is 2.00. The van der Waals surface area contributed by atoms with Crippen molar-refractivity contribution in [1.29, 1.82) is 0 Å². The number of nitrogens with one attached hydrogen (secondary N) is 1. The molecule has 4 heteroatoms. The fourth-order valence-corrected chi connectivity index (χ4v) is 1.76. The predicted molar refractivity (Wildman–Crippen MR) is 69.8 cm³/mol. The number of hydrogen-bond acceptors (Lipinski definition) is 3. The van der Waals surface area contributed by atoms with E-state index in [1.165, 1.54) is 0 Å². The number of hydrogen-bond donors (Lipinski definition) is 1. The number of benzene rings is 1. The molecule has 0 unspecified atom stereocenters. The summed E-state index contributed by atoms with van der Waals surface area (Å²) in [5.74, 6) is 1.38. The first kappa shape index (κ1) is 10.7. The van der Waals surface area contributed by atoms with Gasteiger partial charge in [-0.05, 0) is 24.6 Å². The molecule has 0 atom stereocenters. The molecule has 1 aromatic carbocycles. The fourth-order valence-electron chi connectivity index (χ4n) is 1.76. The molecule has 0 saturated heterocycles. The van der Waals surface area contributed by atoms with Crippen LogP contribution in [0.4, 0.5) is 0 Å². The van der Waals surface area contributed by atoms with Crippen LogP contribution in [0.25, 0.3) is 22.9 Å². The van der Waals surface area contributed by atoms with Crippen LogP contribution in [0, 0.1) is 6.92 Å². The molecule has 3 rings (SSSR count). The Morgan fingerprint density at radius 3 is 2.67 bits per heavy atom. The Morgan fingerprint density at radius 2 is 1.89 bits per heavy atom. The molecule has 3 aromatic rings. The number of nitrogens with zero attached hydrogens (tertiary/aromatic N) is 3. The van der Waals surface area contributed by atoms with Crippen molar-refractivity contribution in [2.24, 2.45) is 0 Å². The number of pyridine rings is 1. The standard InChI is InChI=1S/C14H12N4/c1-10-7-8-15-12(9-10)14-16-13(17-18-14)11-5-3-2-4-6-11/h2-9H,1H3,(H,16,17,18). The average Bonchev–Trinajstić information content (AvgIpc) is 2.89. The lowest BCUT2D eigenvalue weighted by Gasteiger charge is -1.96. The molecule has 2 heterocycles. The van der Waals surface area contributed by atoms with Crippen LogP contribution in [-0.2, 0) is 0 Å². The van der Waals surface area contributed by atoms with E-state index in [4.69, 9.17) is 0 Å². The lowest BCUT2D eigenvalue weighted by molar-refractivity contribution is 1.09. The number of aromatic nitrogens is 4. The first-order valence-electron chi connectivity index (χ1n) is 5.74. The summed E-state index contributed by atoms with van der Waals surface area (Å²) in [6.07, 6.45) is 1.77. The third-order valence-electron chi connectivity index (χ3n) is 2.68. The van der Waals surface area contributed by atoms with Crippen LogP contribution in [-0.4, -0.2) is 20.2 Å². The van der Waals surface area contributed by atoms with Crippen molar-refractivity contribution in [3.05, 3.63) is 54.2 Å². The monoisotopic (exact) mass is 236 g/mol. The van der Waals surface area contributed by atoms with Gasteiger partial charge in [-0.25, -0.2) is 4.98 Å². The van der Waals surface area contributed by atoms with Crippen molar-refractivity contribution in [2.75, 3.05) is 0 Å². The molecule has 0 aliphatic rings. The summed E-state index contributed by atoms with van der Waals surface area (Å²) in [5, 5.41) is 7.14. The van der Waals surface area contributed by atoms with Gasteiger partial charge in [0.1, 0.15) is 5.69 Å². The lowest BCUT2D eigenvalue weighted by Crippen LogP contribution is -1.86. The molecule has 0 saturated carbocycles. The second-order valence-corrected chi connectivity index (χ2v) is 4.09. The highest BCUT2D eigenvalue weighted by molar-refractivity contribution is 5.58. The lowest BCUT2D eigenvalue weighted by atomic mass is 10.2. The van der Waals surface area contributed by atoms with Crippen LogP contribution < -0.4 is 0 Å². The van der Waals surface area contributed by atoms with Gasteiger partial charge in [0, 0.05) is 11.8 Å². The van der Waals surface area contributed by atoms with Crippen molar-refractivity contribution in [1.82, 2.24) is 20.2 Å². The summed E-state index contributed by atoms with van der Waals surface area (Å²) >= 11 is 0. The Labute approximate surface area is 105 Å². The van der Waals surface area contributed by atoms with E-state index in [1.807, 2.05) is 49.4 Å². The van der Waals surface area contributed by atoms with E-state index < -0.39 is 0 Å². The Hall–Kier alpha value is -2.49. The van der Waals surface area contributed by atoms with Gasteiger partial charge in [0.15, 0.2) is 11.6 Å². The van der Waals surface area contributed by atoms with E-state index in [-0.39, 0.29) is 0 Å². The van der Waals surface area contributed by atoms with Crippen LogP contribution in [0.1, 0.15) is 5.56 Å². The molecule has 2 aromatic heterocycles. The fraction of sp³-hybridized carbons (Fsp3) is 0.0714. The highest BCUT2D eigenvalue weighted by atomic mass is 15.2. The van der Waals surface area contributed by atoms with Crippen molar-refractivity contribution in [3.63, 3.8) is 0 Å². The molecule has 1 N–H and O–H groups in total. The van der Waals surface area contributed by atoms with Crippen molar-refractivity contribution < 1.29 is 0 Å². The molecule has 0 aliphatic heterocycles. The maximum absolute atomic E-state index is 4.46. The summed E-state index contributed by atoms with van der Waals surface area (Å²) < 4.78 is 0. The first-order valence-corrected chi connectivity index (χ1v) is 5.74. The van der Waals surface area contributed by atoms with E-state index >= 15 is 0 Å². The van der Waals surface area contributed by atoms with E-state index in [0.29, 0.717) is 11.6 Å². The van der Waals surface area contributed by atoms with E-state index in [1.54, 1.807) is 6.20 Å². The van der Waals surface area contributed by atoms with Crippen LogP contribution in [0.2, 0.25) is 0 Å². The largest absolute Gasteiger partial charge is 0.257 e. The number of aryl methyl sites for hydroxylation is 1. The summed E-state index contributed by atoms with van der Waals surface area (Å²) in [6.45, 7) is 2.03. The van der Waals surface area contributed by atoms with Crippen molar-refractivity contribution >= 4 is 0 Å². The number of aromatic amines is 1. The second kappa shape index (κ2) is 4.41. The third-order valence-corrected chi connectivity index (χ3v) is 2.68. The Kier molecular flexibility index (Phi) is 2.61. The van der Waals surface area contributed by atoms with Gasteiger partial charge < -0.3 is 0 Å². The zero-order chi connectivity index (χ0) is 12.4. The van der Waals surface area contributed by atoms with Gasteiger partial charge in [0.2, 0.25) is 0 Å². The van der Waals surface area contributed by atoms with Gasteiger partial charge >= 0.3 is 0 Å². The zero-order valence-corrected chi connectivity index (χ0v) is 9.96. The quantitative estimate of drug-likeness (QED) is 0.744. The minimum atomic E-state index is 0.689. The SMILES string of the molecule is Cc1ccnc(-c2nc(-c3ccccc3)n[nH]2)c1. The topological polar surface area (TPSA) is 54.5 Å². The van der Waals surface area contributed by atoms with Gasteiger partial charge in [-0.3, -0.25) is 10.1 Å². The highest BCUT2D eigenvalue weighted by Gasteiger charge is 2.08. The number of rotatable bonds is 2. The van der Waals surface area contributed by atoms with Crippen molar-refractivity contribution in [2.45, 2.75) is 6.92 Å². The molecular formula is C14H12N4. The Balaban J connectivity index is 2.00. The van der Waals surface area contributed by atoms with Gasteiger partial charge in [-0.1, -0.05) is 30.3 Å². The molecule has 0 fully saturated rings. The molecule has 88 valence electrons. The van der Waals surface area contributed by atoms with Gasteiger partial charge in [0.05, 0.1) is 0 Å². The summed E-state index contributed by atoms with van der Waals surface area (Å²) in [6, 6.07) is 13.8. The maximum atomic E-state index is 4.46. The smallest absolute Gasteiger partial charge is 0.181 e. The normalized spacial score (nSPS) is 10.5. The Morgan fingerprint density at radius 1 is 1.06 bits per heavy atom. The van der Waals surface area contributed by atoms with Gasteiger partial charge in [0.25, 0.3) is 0 Å². The minimum absolute atomic E-state index is 0.689. The molecule has 18 heavy (non-hydrogen) atoms. The van der Waals surface area contributed by atoms with Crippen LogP contribution >= 0.6 is 0 Å². The molecule has 0 bridgehead atoms. The summed E-state index contributed by atoms with van der Waals surface area (Å²) in [7, 11) is 0. The maximum Gasteiger partial charge on any atom is 0.181 e. The van der Waals surface area contributed by atoms with E-state index in [2.05, 4.69) is 20.2 Å². The Bertz CT molecular complexity index is 658. The van der Waals surface area contributed by atoms with E-state index in [0.717, 1.165) is 16.8 Å². The number of H-pyrrole nitrogens is 1. The molecule has 0 spiro atoms. The predicted octanol–water partition coefficient (Wildman–Crippen LogP) is 2.84.